The summed E-state index contributed by atoms with van der Waals surface area (Å²) in [6, 6.07) is 14.9. The predicted octanol–water partition coefficient (Wildman–Crippen LogP) is 5.74. The Labute approximate surface area is 195 Å². The SMILES string of the molecule is COc1nc(CC(C)C)c(OC(=O)c2ccccc2)nc1Cc1c[nH]c2ccc(Br)cc12. The van der Waals surface area contributed by atoms with E-state index in [0.29, 0.717) is 41.6 Å². The number of aromatic amines is 1. The number of aromatic nitrogens is 3. The van der Waals surface area contributed by atoms with Gasteiger partial charge < -0.3 is 14.5 Å². The topological polar surface area (TPSA) is 77.1 Å². The third kappa shape index (κ3) is 4.83. The first-order chi connectivity index (χ1) is 15.4. The molecule has 32 heavy (non-hydrogen) atoms. The third-order valence-electron chi connectivity index (χ3n) is 5.05. The van der Waals surface area contributed by atoms with E-state index in [1.54, 1.807) is 31.4 Å². The van der Waals surface area contributed by atoms with E-state index >= 15 is 0 Å². The Balaban J connectivity index is 1.73. The van der Waals surface area contributed by atoms with Crippen molar-refractivity contribution < 1.29 is 14.3 Å². The van der Waals surface area contributed by atoms with Gasteiger partial charge in [-0.15, -0.1) is 0 Å². The number of H-pyrrole nitrogens is 1. The van der Waals surface area contributed by atoms with E-state index in [4.69, 9.17) is 14.5 Å². The van der Waals surface area contributed by atoms with Gasteiger partial charge in [-0.3, -0.25) is 0 Å². The summed E-state index contributed by atoms with van der Waals surface area (Å²) in [5.74, 6) is 0.505. The standard InChI is InChI=1S/C25H24BrN3O3/c1-15(2)11-21-24(32-25(30)16-7-5-4-6-8-16)29-22(23(28-21)31-3)12-17-14-27-20-10-9-18(26)13-19(17)20/h4-10,13-15,27H,11-12H2,1-3H3. The van der Waals surface area contributed by atoms with Crippen molar-refractivity contribution in [2.75, 3.05) is 7.11 Å². The zero-order valence-electron chi connectivity index (χ0n) is 18.2. The first-order valence-corrected chi connectivity index (χ1v) is 11.2. The fraction of sp³-hybridized carbons (Fsp3) is 0.240. The molecule has 0 saturated carbocycles. The summed E-state index contributed by atoms with van der Waals surface area (Å²) in [7, 11) is 1.58. The van der Waals surface area contributed by atoms with Crippen LogP contribution in [0.2, 0.25) is 0 Å². The number of methoxy groups -OCH3 is 1. The number of nitrogens with one attached hydrogen (secondary N) is 1. The molecule has 1 N–H and O–H groups in total. The summed E-state index contributed by atoms with van der Waals surface area (Å²) in [6.45, 7) is 4.16. The molecule has 0 atom stereocenters. The molecule has 0 fully saturated rings. The van der Waals surface area contributed by atoms with Crippen molar-refractivity contribution in [1.82, 2.24) is 15.0 Å². The number of rotatable bonds is 7. The van der Waals surface area contributed by atoms with Crippen molar-refractivity contribution in [3.05, 3.63) is 81.7 Å². The molecular formula is C25H24BrN3O3. The number of carbonyl (C=O) groups excluding carboxylic acids is 1. The van der Waals surface area contributed by atoms with Crippen LogP contribution in [0, 0.1) is 5.92 Å². The zero-order valence-corrected chi connectivity index (χ0v) is 19.8. The maximum atomic E-state index is 12.7. The Hall–Kier alpha value is -3.19. The summed E-state index contributed by atoms with van der Waals surface area (Å²) in [6.07, 6.45) is 3.04. The maximum absolute atomic E-state index is 12.7. The van der Waals surface area contributed by atoms with Crippen molar-refractivity contribution in [2.24, 2.45) is 5.92 Å². The van der Waals surface area contributed by atoms with E-state index in [-0.39, 0.29) is 5.88 Å². The van der Waals surface area contributed by atoms with Crippen LogP contribution in [0.4, 0.5) is 0 Å². The molecule has 4 rings (SSSR count). The van der Waals surface area contributed by atoms with Crippen molar-refractivity contribution >= 4 is 32.8 Å². The van der Waals surface area contributed by atoms with Gasteiger partial charge in [-0.2, -0.15) is 0 Å². The molecule has 0 aliphatic carbocycles. The van der Waals surface area contributed by atoms with Gasteiger partial charge in [0.2, 0.25) is 11.8 Å². The molecule has 0 saturated heterocycles. The molecule has 0 aliphatic heterocycles. The molecule has 0 spiro atoms. The molecule has 0 amide bonds. The molecule has 2 heterocycles. The minimum absolute atomic E-state index is 0.226. The quantitative estimate of drug-likeness (QED) is 0.332. The highest BCUT2D eigenvalue weighted by Crippen LogP contribution is 2.29. The number of ether oxygens (including phenoxy) is 2. The van der Waals surface area contributed by atoms with Crippen LogP contribution in [0.3, 0.4) is 0 Å². The Morgan fingerprint density at radius 2 is 1.81 bits per heavy atom. The number of carbonyl (C=O) groups is 1. The zero-order chi connectivity index (χ0) is 22.7. The molecule has 2 aromatic carbocycles. The monoisotopic (exact) mass is 493 g/mol. The Morgan fingerprint density at radius 1 is 1.06 bits per heavy atom. The fourth-order valence-corrected chi connectivity index (χ4v) is 3.91. The van der Waals surface area contributed by atoms with Crippen LogP contribution >= 0.6 is 15.9 Å². The van der Waals surface area contributed by atoms with Crippen molar-refractivity contribution in [1.29, 1.82) is 0 Å². The fourth-order valence-electron chi connectivity index (χ4n) is 3.55. The van der Waals surface area contributed by atoms with Crippen molar-refractivity contribution in [2.45, 2.75) is 26.7 Å². The summed E-state index contributed by atoms with van der Waals surface area (Å²) < 4.78 is 12.3. The summed E-state index contributed by atoms with van der Waals surface area (Å²) in [4.78, 5) is 25.4. The van der Waals surface area contributed by atoms with Gasteiger partial charge in [0.1, 0.15) is 11.4 Å². The van der Waals surface area contributed by atoms with E-state index in [1.807, 2.05) is 24.4 Å². The van der Waals surface area contributed by atoms with Crippen LogP contribution in [0.5, 0.6) is 11.8 Å². The lowest BCUT2D eigenvalue weighted by Crippen LogP contribution is -2.15. The second-order valence-corrected chi connectivity index (χ2v) is 8.88. The van der Waals surface area contributed by atoms with Gasteiger partial charge in [-0.25, -0.2) is 14.8 Å². The second-order valence-electron chi connectivity index (χ2n) is 7.97. The summed E-state index contributed by atoms with van der Waals surface area (Å²) in [5.41, 5.74) is 3.75. The molecule has 0 bridgehead atoms. The number of benzene rings is 2. The number of fused-ring (bicyclic) bond motifs is 1. The average Bonchev–Trinajstić information content (AvgIpc) is 3.17. The number of hydrogen-bond acceptors (Lipinski definition) is 5. The first kappa shape index (κ1) is 22.0. The highest BCUT2D eigenvalue weighted by molar-refractivity contribution is 9.10. The largest absolute Gasteiger partial charge is 0.480 e. The number of halogens is 1. The number of nitrogens with zero attached hydrogens (tertiary/aromatic N) is 2. The van der Waals surface area contributed by atoms with Crippen molar-refractivity contribution in [3.8, 4) is 11.8 Å². The third-order valence-corrected chi connectivity index (χ3v) is 5.54. The van der Waals surface area contributed by atoms with E-state index in [0.717, 1.165) is 20.9 Å². The highest BCUT2D eigenvalue weighted by atomic mass is 79.9. The van der Waals surface area contributed by atoms with E-state index < -0.39 is 5.97 Å². The van der Waals surface area contributed by atoms with Gasteiger partial charge >= 0.3 is 5.97 Å². The molecule has 7 heteroatoms. The van der Waals surface area contributed by atoms with Crippen LogP contribution < -0.4 is 9.47 Å². The second kappa shape index (κ2) is 9.53. The van der Waals surface area contributed by atoms with Crippen molar-refractivity contribution in [3.63, 3.8) is 0 Å². The van der Waals surface area contributed by atoms with Gasteiger partial charge in [0.15, 0.2) is 0 Å². The predicted molar refractivity (Wildman–Crippen MR) is 127 cm³/mol. The molecule has 0 radical (unpaired) electrons. The molecule has 2 aromatic heterocycles. The van der Waals surface area contributed by atoms with E-state index in [1.165, 1.54) is 0 Å². The molecule has 164 valence electrons. The smallest absolute Gasteiger partial charge is 0.344 e. The van der Waals surface area contributed by atoms with Crippen LogP contribution in [-0.4, -0.2) is 28.0 Å². The lowest BCUT2D eigenvalue weighted by Gasteiger charge is -2.14. The van der Waals surface area contributed by atoms with Gasteiger partial charge in [-0.05, 0) is 48.2 Å². The lowest BCUT2D eigenvalue weighted by atomic mass is 10.1. The minimum atomic E-state index is -0.461. The number of esters is 1. The molecule has 6 nitrogen and oxygen atoms in total. The molecular weight excluding hydrogens is 470 g/mol. The lowest BCUT2D eigenvalue weighted by molar-refractivity contribution is 0.0723. The Morgan fingerprint density at radius 3 is 2.53 bits per heavy atom. The maximum Gasteiger partial charge on any atom is 0.344 e. The number of hydrogen-bond donors (Lipinski definition) is 1. The molecule has 0 unspecified atom stereocenters. The molecule has 4 aromatic rings. The highest BCUT2D eigenvalue weighted by Gasteiger charge is 2.21. The Kier molecular flexibility index (Phi) is 6.55. The summed E-state index contributed by atoms with van der Waals surface area (Å²) >= 11 is 3.53. The van der Waals surface area contributed by atoms with Crippen LogP contribution in [0.25, 0.3) is 10.9 Å². The van der Waals surface area contributed by atoms with Crippen LogP contribution in [0.15, 0.2) is 59.2 Å². The van der Waals surface area contributed by atoms with Gasteiger partial charge in [0, 0.05) is 28.0 Å². The first-order valence-electron chi connectivity index (χ1n) is 10.4. The normalized spacial score (nSPS) is 11.2. The van der Waals surface area contributed by atoms with Gasteiger partial charge in [0.25, 0.3) is 0 Å². The van der Waals surface area contributed by atoms with Gasteiger partial charge in [0.05, 0.1) is 12.7 Å². The summed E-state index contributed by atoms with van der Waals surface area (Å²) in [5, 5.41) is 1.08. The average molecular weight is 494 g/mol. The van der Waals surface area contributed by atoms with Gasteiger partial charge in [-0.1, -0.05) is 48.0 Å². The Bertz CT molecular complexity index is 1250. The van der Waals surface area contributed by atoms with E-state index in [9.17, 15) is 4.79 Å². The minimum Gasteiger partial charge on any atom is -0.480 e. The van der Waals surface area contributed by atoms with E-state index in [2.05, 4.69) is 45.8 Å². The molecule has 0 aliphatic rings. The van der Waals surface area contributed by atoms with Crippen LogP contribution in [-0.2, 0) is 12.8 Å². The van der Waals surface area contributed by atoms with Crippen LogP contribution in [0.1, 0.15) is 41.2 Å².